The standard InChI is InChI=1S/C45H29N3O/c1-45(2)35-19-9-5-15-28(35)32-24-33-29-16-7-11-21-38(29)48(39(33)25-36(32)45)44-46-37-20-10-6-17-30(37)42(47-44)34-23-26-13-3-4-14-27(26)41-31-18-8-12-22-40(31)49-43(34)41/h3-25H,1-2H3. The number of nitrogens with zero attached hydrogens (tertiary/aromatic N) is 3. The predicted octanol–water partition coefficient (Wildman–Crippen LogP) is 11.8. The summed E-state index contributed by atoms with van der Waals surface area (Å²) in [5.74, 6) is 0.644. The first-order valence-electron chi connectivity index (χ1n) is 16.8. The maximum atomic E-state index is 6.70. The highest BCUT2D eigenvalue weighted by Crippen LogP contribution is 2.51. The molecule has 0 fully saturated rings. The topological polar surface area (TPSA) is 43.9 Å². The predicted molar refractivity (Wildman–Crippen MR) is 202 cm³/mol. The molecule has 1 aliphatic carbocycles. The van der Waals surface area contributed by atoms with E-state index >= 15 is 0 Å². The van der Waals surface area contributed by atoms with Crippen molar-refractivity contribution in [1.29, 1.82) is 0 Å². The Labute approximate surface area is 281 Å². The first-order valence-corrected chi connectivity index (χ1v) is 16.8. The van der Waals surface area contributed by atoms with E-state index in [-0.39, 0.29) is 5.41 Å². The van der Waals surface area contributed by atoms with E-state index in [0.717, 1.165) is 60.5 Å². The first-order chi connectivity index (χ1) is 24.1. The molecule has 3 aromatic heterocycles. The smallest absolute Gasteiger partial charge is 0.235 e. The van der Waals surface area contributed by atoms with Crippen molar-refractivity contribution in [3.05, 3.63) is 151 Å². The van der Waals surface area contributed by atoms with Crippen LogP contribution in [-0.4, -0.2) is 14.5 Å². The largest absolute Gasteiger partial charge is 0.455 e. The first kappa shape index (κ1) is 26.8. The highest BCUT2D eigenvalue weighted by atomic mass is 16.3. The van der Waals surface area contributed by atoms with E-state index < -0.39 is 0 Å². The Morgan fingerprint density at radius 3 is 2.14 bits per heavy atom. The lowest BCUT2D eigenvalue weighted by Crippen LogP contribution is -2.15. The SMILES string of the molecule is CC1(C)c2ccccc2-c2cc3c4ccccc4n(-c4nc(-c5cc6ccccc6c6c5oc5ccccc56)c5ccccc5n4)c3cc21. The Kier molecular flexibility index (Phi) is 5.15. The quantitative estimate of drug-likeness (QED) is 0.192. The molecule has 0 saturated heterocycles. The zero-order valence-electron chi connectivity index (χ0n) is 27.0. The molecule has 0 atom stereocenters. The van der Waals surface area contributed by atoms with Gasteiger partial charge >= 0.3 is 0 Å². The number of hydrogen-bond donors (Lipinski definition) is 0. The van der Waals surface area contributed by atoms with Gasteiger partial charge in [0.05, 0.1) is 22.2 Å². The van der Waals surface area contributed by atoms with Gasteiger partial charge in [0.25, 0.3) is 0 Å². The molecule has 0 radical (unpaired) electrons. The lowest BCUT2D eigenvalue weighted by molar-refractivity contribution is 0.661. The van der Waals surface area contributed by atoms with Gasteiger partial charge in [0.15, 0.2) is 0 Å². The summed E-state index contributed by atoms with van der Waals surface area (Å²) in [5.41, 5.74) is 11.8. The van der Waals surface area contributed by atoms with Crippen LogP contribution < -0.4 is 0 Å². The average molecular weight is 628 g/mol. The molecule has 0 spiro atoms. The normalized spacial score (nSPS) is 13.7. The zero-order chi connectivity index (χ0) is 32.4. The fourth-order valence-electron chi connectivity index (χ4n) is 8.50. The molecule has 0 saturated carbocycles. The van der Waals surface area contributed by atoms with Gasteiger partial charge in [0.2, 0.25) is 5.95 Å². The minimum absolute atomic E-state index is 0.130. The molecule has 0 aliphatic heterocycles. The summed E-state index contributed by atoms with van der Waals surface area (Å²) in [6, 6.07) is 49.7. The summed E-state index contributed by atoms with van der Waals surface area (Å²) in [6.07, 6.45) is 0. The van der Waals surface area contributed by atoms with Crippen LogP contribution in [0.15, 0.2) is 144 Å². The molecular weight excluding hydrogens is 599 g/mol. The molecule has 4 nitrogen and oxygen atoms in total. The number of fused-ring (bicyclic) bond motifs is 12. The Balaban J connectivity index is 1.26. The highest BCUT2D eigenvalue weighted by Gasteiger charge is 2.36. The van der Waals surface area contributed by atoms with Crippen molar-refractivity contribution >= 4 is 65.4 Å². The average Bonchev–Trinajstić information content (AvgIpc) is 3.76. The molecule has 3 heterocycles. The van der Waals surface area contributed by atoms with Crippen LogP contribution in [0.2, 0.25) is 0 Å². The van der Waals surface area contributed by atoms with Crippen LogP contribution in [0.25, 0.3) is 93.8 Å². The van der Waals surface area contributed by atoms with E-state index in [1.54, 1.807) is 0 Å². The van der Waals surface area contributed by atoms with Crippen molar-refractivity contribution in [3.8, 4) is 28.3 Å². The van der Waals surface area contributed by atoms with E-state index in [2.05, 4.69) is 146 Å². The maximum Gasteiger partial charge on any atom is 0.235 e. The van der Waals surface area contributed by atoms with Gasteiger partial charge in [-0.15, -0.1) is 0 Å². The summed E-state index contributed by atoms with van der Waals surface area (Å²) in [4.78, 5) is 10.8. The zero-order valence-corrected chi connectivity index (χ0v) is 27.0. The lowest BCUT2D eigenvalue weighted by atomic mass is 9.82. The van der Waals surface area contributed by atoms with E-state index in [9.17, 15) is 0 Å². The third-order valence-electron chi connectivity index (χ3n) is 10.8. The van der Waals surface area contributed by atoms with E-state index in [1.807, 2.05) is 12.1 Å². The second kappa shape index (κ2) is 9.42. The molecule has 1 aliphatic rings. The van der Waals surface area contributed by atoms with Crippen LogP contribution in [-0.2, 0) is 5.41 Å². The number of aromatic nitrogens is 3. The lowest BCUT2D eigenvalue weighted by Gasteiger charge is -2.21. The summed E-state index contributed by atoms with van der Waals surface area (Å²) in [7, 11) is 0. The number of rotatable bonds is 2. The van der Waals surface area contributed by atoms with Crippen LogP contribution in [0.3, 0.4) is 0 Å². The van der Waals surface area contributed by atoms with Gasteiger partial charge in [-0.25, -0.2) is 9.97 Å². The molecule has 4 heteroatoms. The van der Waals surface area contributed by atoms with Crippen LogP contribution in [0.4, 0.5) is 0 Å². The fraction of sp³-hybridized carbons (Fsp3) is 0.0667. The minimum atomic E-state index is -0.130. The Morgan fingerprint density at radius 1 is 0.531 bits per heavy atom. The highest BCUT2D eigenvalue weighted by molar-refractivity contribution is 6.23. The Bertz CT molecular complexity index is 3030. The van der Waals surface area contributed by atoms with E-state index in [1.165, 1.54) is 38.4 Å². The monoisotopic (exact) mass is 627 g/mol. The van der Waals surface area contributed by atoms with Crippen molar-refractivity contribution in [2.24, 2.45) is 0 Å². The van der Waals surface area contributed by atoms with Crippen molar-refractivity contribution in [2.75, 3.05) is 0 Å². The molecule has 0 amide bonds. The van der Waals surface area contributed by atoms with Crippen molar-refractivity contribution < 1.29 is 4.42 Å². The molecular formula is C45H29N3O. The Hall–Kier alpha value is -6.26. The minimum Gasteiger partial charge on any atom is -0.455 e. The molecule has 10 aromatic rings. The fourth-order valence-corrected chi connectivity index (χ4v) is 8.50. The van der Waals surface area contributed by atoms with Crippen molar-refractivity contribution in [1.82, 2.24) is 14.5 Å². The third kappa shape index (κ3) is 3.53. The van der Waals surface area contributed by atoms with Gasteiger partial charge in [-0.3, -0.25) is 4.57 Å². The van der Waals surface area contributed by atoms with Gasteiger partial charge in [-0.05, 0) is 69.4 Å². The second-order valence-electron chi connectivity index (χ2n) is 13.8. The third-order valence-corrected chi connectivity index (χ3v) is 10.8. The second-order valence-corrected chi connectivity index (χ2v) is 13.8. The molecule has 49 heavy (non-hydrogen) atoms. The van der Waals surface area contributed by atoms with E-state index in [4.69, 9.17) is 14.4 Å². The number of para-hydroxylation sites is 3. The molecule has 0 bridgehead atoms. The van der Waals surface area contributed by atoms with Gasteiger partial charge < -0.3 is 4.42 Å². The van der Waals surface area contributed by atoms with Crippen LogP contribution >= 0.6 is 0 Å². The van der Waals surface area contributed by atoms with Gasteiger partial charge in [0.1, 0.15) is 11.2 Å². The van der Waals surface area contributed by atoms with Crippen molar-refractivity contribution in [3.63, 3.8) is 0 Å². The number of hydrogen-bond acceptors (Lipinski definition) is 3. The molecule has 7 aromatic carbocycles. The maximum absolute atomic E-state index is 6.70. The molecule has 230 valence electrons. The van der Waals surface area contributed by atoms with Crippen LogP contribution in [0, 0.1) is 0 Å². The summed E-state index contributed by atoms with van der Waals surface area (Å²) in [6.45, 7) is 4.67. The van der Waals surface area contributed by atoms with Gasteiger partial charge in [0, 0.05) is 37.9 Å². The van der Waals surface area contributed by atoms with Crippen molar-refractivity contribution in [2.45, 2.75) is 19.3 Å². The summed E-state index contributed by atoms with van der Waals surface area (Å²) >= 11 is 0. The summed E-state index contributed by atoms with van der Waals surface area (Å²) < 4.78 is 8.96. The summed E-state index contributed by atoms with van der Waals surface area (Å²) in [5, 5.41) is 7.91. The number of furan rings is 1. The van der Waals surface area contributed by atoms with Gasteiger partial charge in [-0.2, -0.15) is 0 Å². The molecule has 0 unspecified atom stereocenters. The van der Waals surface area contributed by atoms with Crippen LogP contribution in [0.5, 0.6) is 0 Å². The Morgan fingerprint density at radius 2 is 1.24 bits per heavy atom. The molecule has 11 rings (SSSR count). The van der Waals surface area contributed by atoms with E-state index in [0.29, 0.717) is 5.95 Å². The molecule has 0 N–H and O–H groups in total. The van der Waals surface area contributed by atoms with Gasteiger partial charge in [-0.1, -0.05) is 117 Å². The van der Waals surface area contributed by atoms with Crippen LogP contribution in [0.1, 0.15) is 25.0 Å². The number of benzene rings is 7.